The Morgan fingerprint density at radius 2 is 2.14 bits per heavy atom. The Labute approximate surface area is 131 Å². The summed E-state index contributed by atoms with van der Waals surface area (Å²) < 4.78 is 5.36. The lowest BCUT2D eigenvalue weighted by atomic mass is 10.2. The van der Waals surface area contributed by atoms with Gasteiger partial charge in [-0.2, -0.15) is 0 Å². The number of nitrogens with zero attached hydrogens (tertiary/aromatic N) is 2. The topological polar surface area (TPSA) is 41.3 Å². The summed E-state index contributed by atoms with van der Waals surface area (Å²) in [5.74, 6) is 2.40. The molecule has 4 nitrogen and oxygen atoms in total. The Hall–Kier alpha value is -1.52. The van der Waals surface area contributed by atoms with Crippen LogP contribution in [0.1, 0.15) is 25.3 Å². The van der Waals surface area contributed by atoms with Gasteiger partial charge in [-0.15, -0.1) is 0 Å². The molecule has 0 amide bonds. The molecule has 0 fully saturated rings. The molecule has 5 heteroatoms. The van der Waals surface area contributed by atoms with E-state index in [4.69, 9.17) is 16.0 Å². The van der Waals surface area contributed by atoms with Crippen molar-refractivity contribution in [2.75, 3.05) is 18.5 Å². The van der Waals surface area contributed by atoms with E-state index in [1.807, 2.05) is 36.2 Å². The van der Waals surface area contributed by atoms with Crippen molar-refractivity contribution in [1.29, 1.82) is 0 Å². The van der Waals surface area contributed by atoms with Crippen molar-refractivity contribution < 1.29 is 4.42 Å². The van der Waals surface area contributed by atoms with E-state index in [0.29, 0.717) is 24.0 Å². The lowest BCUT2D eigenvalue weighted by molar-refractivity contribution is 0.506. The molecule has 2 rings (SSSR count). The van der Waals surface area contributed by atoms with Gasteiger partial charge in [-0.05, 0) is 36.7 Å². The van der Waals surface area contributed by atoms with Crippen LogP contribution in [0, 0.1) is 5.92 Å². The minimum atomic E-state index is 0.605. The van der Waals surface area contributed by atoms with E-state index in [0.717, 1.165) is 23.8 Å². The molecule has 0 aliphatic heterocycles. The molecule has 0 saturated carbocycles. The molecule has 2 aromatic heterocycles. The second-order valence-corrected chi connectivity index (χ2v) is 5.97. The fourth-order valence-electron chi connectivity index (χ4n) is 2.01. The summed E-state index contributed by atoms with van der Waals surface area (Å²) in [4.78, 5) is 6.68. The minimum Gasteiger partial charge on any atom is -0.467 e. The van der Waals surface area contributed by atoms with Gasteiger partial charge in [-0.1, -0.05) is 25.4 Å². The number of aromatic nitrogens is 1. The second-order valence-electron chi connectivity index (χ2n) is 5.56. The van der Waals surface area contributed by atoms with Crippen molar-refractivity contribution in [1.82, 2.24) is 10.3 Å². The third-order valence-electron chi connectivity index (χ3n) is 3.11. The number of anilines is 1. The van der Waals surface area contributed by atoms with Crippen LogP contribution in [0.4, 0.5) is 5.82 Å². The predicted molar refractivity (Wildman–Crippen MR) is 86.6 cm³/mol. The highest BCUT2D eigenvalue weighted by Gasteiger charge is 2.09. The van der Waals surface area contributed by atoms with Gasteiger partial charge in [0.1, 0.15) is 11.6 Å². The first-order chi connectivity index (χ1) is 10.1. The number of pyridine rings is 1. The van der Waals surface area contributed by atoms with Gasteiger partial charge in [0, 0.05) is 13.6 Å². The SMILES string of the molecule is CC(C)CNCc1nc(N(C)Cc2ccco2)ccc1Cl. The van der Waals surface area contributed by atoms with Gasteiger partial charge < -0.3 is 14.6 Å². The zero-order valence-corrected chi connectivity index (χ0v) is 13.5. The molecule has 1 N–H and O–H groups in total. The van der Waals surface area contributed by atoms with Crippen LogP contribution in [-0.2, 0) is 13.1 Å². The molecule has 0 saturated heterocycles. The highest BCUT2D eigenvalue weighted by atomic mass is 35.5. The van der Waals surface area contributed by atoms with Crippen molar-refractivity contribution in [2.45, 2.75) is 26.9 Å². The maximum atomic E-state index is 6.22. The molecule has 0 unspecified atom stereocenters. The Kier molecular flexibility index (Phi) is 5.65. The highest BCUT2D eigenvalue weighted by Crippen LogP contribution is 2.20. The van der Waals surface area contributed by atoms with Crippen LogP contribution in [0.15, 0.2) is 34.9 Å². The van der Waals surface area contributed by atoms with Gasteiger partial charge >= 0.3 is 0 Å². The summed E-state index contributed by atoms with van der Waals surface area (Å²) in [5, 5.41) is 4.07. The summed E-state index contributed by atoms with van der Waals surface area (Å²) in [5.41, 5.74) is 0.876. The van der Waals surface area contributed by atoms with E-state index in [1.54, 1.807) is 6.26 Å². The maximum Gasteiger partial charge on any atom is 0.129 e. The van der Waals surface area contributed by atoms with E-state index in [9.17, 15) is 0 Å². The number of nitrogens with one attached hydrogen (secondary N) is 1. The molecule has 114 valence electrons. The van der Waals surface area contributed by atoms with Crippen molar-refractivity contribution >= 4 is 17.4 Å². The maximum absolute atomic E-state index is 6.22. The van der Waals surface area contributed by atoms with Crippen LogP contribution < -0.4 is 10.2 Å². The predicted octanol–water partition coefficient (Wildman–Crippen LogP) is 3.71. The monoisotopic (exact) mass is 307 g/mol. The largest absolute Gasteiger partial charge is 0.467 e. The molecule has 0 aliphatic carbocycles. The quantitative estimate of drug-likeness (QED) is 0.846. The molecule has 2 aromatic rings. The van der Waals surface area contributed by atoms with Crippen LogP contribution in [0.5, 0.6) is 0 Å². The fraction of sp³-hybridized carbons (Fsp3) is 0.438. The summed E-state index contributed by atoms with van der Waals surface area (Å²) in [7, 11) is 1.99. The number of halogens is 1. The number of hydrogen-bond donors (Lipinski definition) is 1. The minimum absolute atomic E-state index is 0.605. The molecule has 0 radical (unpaired) electrons. The lowest BCUT2D eigenvalue weighted by Crippen LogP contribution is -2.22. The van der Waals surface area contributed by atoms with Crippen LogP contribution in [-0.4, -0.2) is 18.6 Å². The van der Waals surface area contributed by atoms with E-state index >= 15 is 0 Å². The number of furan rings is 1. The van der Waals surface area contributed by atoms with E-state index in [-0.39, 0.29) is 0 Å². The molecule has 0 spiro atoms. The molecule has 21 heavy (non-hydrogen) atoms. The van der Waals surface area contributed by atoms with E-state index < -0.39 is 0 Å². The van der Waals surface area contributed by atoms with Gasteiger partial charge in [0.05, 0.1) is 23.5 Å². The fourth-order valence-corrected chi connectivity index (χ4v) is 2.18. The summed E-state index contributed by atoms with van der Waals surface area (Å²) in [6.45, 7) is 6.66. The molecular weight excluding hydrogens is 286 g/mol. The molecule has 0 aliphatic rings. The Balaban J connectivity index is 2.03. The zero-order valence-electron chi connectivity index (χ0n) is 12.8. The van der Waals surface area contributed by atoms with Gasteiger partial charge in [0.25, 0.3) is 0 Å². The molecule has 2 heterocycles. The zero-order chi connectivity index (χ0) is 15.2. The second kappa shape index (κ2) is 7.48. The van der Waals surface area contributed by atoms with E-state index in [2.05, 4.69) is 24.1 Å². The highest BCUT2D eigenvalue weighted by molar-refractivity contribution is 6.31. The third-order valence-corrected chi connectivity index (χ3v) is 3.46. The summed E-state index contributed by atoms with van der Waals surface area (Å²) >= 11 is 6.22. The van der Waals surface area contributed by atoms with Crippen LogP contribution in [0.3, 0.4) is 0 Å². The van der Waals surface area contributed by atoms with Crippen LogP contribution in [0.25, 0.3) is 0 Å². The molecular formula is C16H22ClN3O. The van der Waals surface area contributed by atoms with Crippen LogP contribution in [0.2, 0.25) is 5.02 Å². The van der Waals surface area contributed by atoms with Crippen molar-refractivity contribution in [2.24, 2.45) is 5.92 Å². The molecule has 0 atom stereocenters. The van der Waals surface area contributed by atoms with Crippen molar-refractivity contribution in [3.05, 3.63) is 47.0 Å². The first kappa shape index (κ1) is 15.9. The Bertz CT molecular complexity index is 555. The first-order valence-corrected chi connectivity index (χ1v) is 7.53. The van der Waals surface area contributed by atoms with E-state index in [1.165, 1.54) is 0 Å². The standard InChI is InChI=1S/C16H22ClN3O/c1-12(2)9-18-10-15-14(17)6-7-16(19-15)20(3)11-13-5-4-8-21-13/h4-8,12,18H,9-11H2,1-3H3. The molecule has 0 aromatic carbocycles. The summed E-state index contributed by atoms with van der Waals surface area (Å²) in [6.07, 6.45) is 1.68. The normalized spacial score (nSPS) is 11.1. The van der Waals surface area contributed by atoms with Gasteiger partial charge in [0.15, 0.2) is 0 Å². The Morgan fingerprint density at radius 1 is 1.33 bits per heavy atom. The van der Waals surface area contributed by atoms with Crippen molar-refractivity contribution in [3.8, 4) is 0 Å². The van der Waals surface area contributed by atoms with Gasteiger partial charge in [-0.25, -0.2) is 4.98 Å². The first-order valence-electron chi connectivity index (χ1n) is 7.16. The van der Waals surface area contributed by atoms with Crippen LogP contribution >= 0.6 is 11.6 Å². The number of rotatable bonds is 7. The third kappa shape index (κ3) is 4.76. The smallest absolute Gasteiger partial charge is 0.129 e. The Morgan fingerprint density at radius 3 is 2.81 bits per heavy atom. The average molecular weight is 308 g/mol. The number of hydrogen-bond acceptors (Lipinski definition) is 4. The average Bonchev–Trinajstić information content (AvgIpc) is 2.93. The van der Waals surface area contributed by atoms with Gasteiger partial charge in [0.2, 0.25) is 0 Å². The molecule has 0 bridgehead atoms. The summed E-state index contributed by atoms with van der Waals surface area (Å²) in [6, 6.07) is 7.67. The van der Waals surface area contributed by atoms with Gasteiger partial charge in [-0.3, -0.25) is 0 Å². The van der Waals surface area contributed by atoms with Crippen molar-refractivity contribution in [3.63, 3.8) is 0 Å². The lowest BCUT2D eigenvalue weighted by Gasteiger charge is -2.18.